The summed E-state index contributed by atoms with van der Waals surface area (Å²) in [5.41, 5.74) is 4.37. The second-order valence-electron chi connectivity index (χ2n) is 8.00. The van der Waals surface area contributed by atoms with E-state index in [-0.39, 0.29) is 4.90 Å². The van der Waals surface area contributed by atoms with Gasteiger partial charge in [-0.05, 0) is 61.4 Å². The number of hydrogen-bond acceptors (Lipinski definition) is 4. The van der Waals surface area contributed by atoms with E-state index in [1.54, 1.807) is 30.3 Å². The summed E-state index contributed by atoms with van der Waals surface area (Å²) in [6.45, 7) is 5.38. The van der Waals surface area contributed by atoms with Crippen molar-refractivity contribution in [2.75, 3.05) is 10.0 Å². The fourth-order valence-corrected chi connectivity index (χ4v) is 5.17. The standard InChI is InChI=1S/C25H27BrN4O2S/c1-3-4-15-30-24-8-6-5-7-23(24)28-25(30)27-17-19-16-20(26)11-14-22(19)29-33(31,32)21-12-9-18(2)10-13-21/h5-14,16,29H,3-4,15,17H2,1-2H3,(H,27,28). The second-order valence-corrected chi connectivity index (χ2v) is 10.6. The van der Waals surface area contributed by atoms with Gasteiger partial charge in [0, 0.05) is 17.6 Å². The molecule has 0 unspecified atom stereocenters. The lowest BCUT2D eigenvalue weighted by atomic mass is 10.2. The molecular weight excluding hydrogens is 500 g/mol. The molecule has 0 aliphatic rings. The van der Waals surface area contributed by atoms with E-state index < -0.39 is 10.0 Å². The van der Waals surface area contributed by atoms with E-state index in [9.17, 15) is 8.42 Å². The van der Waals surface area contributed by atoms with Crippen LogP contribution < -0.4 is 10.0 Å². The molecule has 0 spiro atoms. The van der Waals surface area contributed by atoms with Crippen LogP contribution in [-0.4, -0.2) is 18.0 Å². The first-order valence-electron chi connectivity index (χ1n) is 10.9. The van der Waals surface area contributed by atoms with Crippen LogP contribution in [0.1, 0.15) is 30.9 Å². The predicted octanol–water partition coefficient (Wildman–Crippen LogP) is 6.32. The molecule has 0 radical (unpaired) electrons. The highest BCUT2D eigenvalue weighted by Crippen LogP contribution is 2.26. The van der Waals surface area contributed by atoms with Gasteiger partial charge in [0.2, 0.25) is 5.95 Å². The number of rotatable bonds is 9. The van der Waals surface area contributed by atoms with Crippen LogP contribution in [0.25, 0.3) is 11.0 Å². The smallest absolute Gasteiger partial charge is 0.261 e. The van der Waals surface area contributed by atoms with E-state index >= 15 is 0 Å². The van der Waals surface area contributed by atoms with Gasteiger partial charge in [-0.3, -0.25) is 4.72 Å². The van der Waals surface area contributed by atoms with Gasteiger partial charge in [0.05, 0.1) is 21.6 Å². The van der Waals surface area contributed by atoms with Gasteiger partial charge in [0.15, 0.2) is 0 Å². The lowest BCUT2D eigenvalue weighted by molar-refractivity contribution is 0.601. The van der Waals surface area contributed by atoms with E-state index in [1.807, 2.05) is 37.3 Å². The van der Waals surface area contributed by atoms with Crippen molar-refractivity contribution in [2.24, 2.45) is 0 Å². The molecule has 3 aromatic carbocycles. The molecule has 0 aliphatic heterocycles. The summed E-state index contributed by atoms with van der Waals surface area (Å²) < 4.78 is 31.7. The summed E-state index contributed by atoms with van der Waals surface area (Å²) >= 11 is 3.51. The number of unbranched alkanes of at least 4 members (excludes halogenated alkanes) is 1. The van der Waals surface area contributed by atoms with Crippen LogP contribution in [0.15, 0.2) is 76.1 Å². The number of imidazole rings is 1. The molecule has 0 fully saturated rings. The predicted molar refractivity (Wildman–Crippen MR) is 138 cm³/mol. The zero-order valence-corrected chi connectivity index (χ0v) is 21.1. The summed E-state index contributed by atoms with van der Waals surface area (Å²) in [6.07, 6.45) is 2.13. The van der Waals surface area contributed by atoms with Crippen molar-refractivity contribution in [1.82, 2.24) is 9.55 Å². The number of para-hydroxylation sites is 2. The molecule has 0 saturated heterocycles. The summed E-state index contributed by atoms with van der Waals surface area (Å²) in [7, 11) is -3.70. The highest BCUT2D eigenvalue weighted by Gasteiger charge is 2.17. The van der Waals surface area contributed by atoms with E-state index in [2.05, 4.69) is 43.5 Å². The average Bonchev–Trinajstić information content (AvgIpc) is 3.15. The van der Waals surface area contributed by atoms with E-state index in [0.717, 1.165) is 52.0 Å². The quantitative estimate of drug-likeness (QED) is 0.267. The molecule has 0 saturated carbocycles. The number of nitrogens with one attached hydrogen (secondary N) is 2. The Bertz CT molecular complexity index is 1370. The minimum Gasteiger partial charge on any atom is -0.351 e. The van der Waals surface area contributed by atoms with Crippen LogP contribution in [-0.2, 0) is 23.1 Å². The third-order valence-corrected chi connectivity index (χ3v) is 7.34. The summed E-state index contributed by atoms with van der Waals surface area (Å²) in [6, 6.07) is 20.4. The van der Waals surface area contributed by atoms with Crippen LogP contribution in [0.3, 0.4) is 0 Å². The summed E-state index contributed by atoms with van der Waals surface area (Å²) in [5.74, 6) is 0.775. The molecule has 0 atom stereocenters. The van der Waals surface area contributed by atoms with Crippen molar-refractivity contribution in [2.45, 2.75) is 44.7 Å². The fraction of sp³-hybridized carbons (Fsp3) is 0.240. The average molecular weight is 527 g/mol. The Morgan fingerprint density at radius 3 is 2.55 bits per heavy atom. The molecule has 4 aromatic rings. The summed E-state index contributed by atoms with van der Waals surface area (Å²) in [4.78, 5) is 5.00. The van der Waals surface area contributed by atoms with Gasteiger partial charge in [-0.2, -0.15) is 0 Å². The van der Waals surface area contributed by atoms with Crippen molar-refractivity contribution in [1.29, 1.82) is 0 Å². The van der Waals surface area contributed by atoms with E-state index in [4.69, 9.17) is 4.98 Å². The van der Waals surface area contributed by atoms with Crippen LogP contribution >= 0.6 is 15.9 Å². The maximum atomic E-state index is 13.0. The molecule has 4 rings (SSSR count). The molecule has 33 heavy (non-hydrogen) atoms. The number of halogens is 1. The Kier molecular flexibility index (Phi) is 7.05. The molecule has 0 amide bonds. The minimum atomic E-state index is -3.70. The molecule has 0 aliphatic carbocycles. The SMILES string of the molecule is CCCCn1c(NCc2cc(Br)ccc2NS(=O)(=O)c2ccc(C)cc2)nc2ccccc21. The Morgan fingerprint density at radius 2 is 1.79 bits per heavy atom. The Hall–Kier alpha value is -2.84. The van der Waals surface area contributed by atoms with Crippen LogP contribution in [0.2, 0.25) is 0 Å². The van der Waals surface area contributed by atoms with E-state index in [0.29, 0.717) is 12.2 Å². The number of fused-ring (bicyclic) bond motifs is 1. The van der Waals surface area contributed by atoms with Gasteiger partial charge in [-0.1, -0.05) is 59.1 Å². The number of nitrogens with zero attached hydrogens (tertiary/aromatic N) is 2. The zero-order chi connectivity index (χ0) is 23.4. The maximum Gasteiger partial charge on any atom is 0.261 e. The normalized spacial score (nSPS) is 11.6. The number of benzene rings is 3. The second kappa shape index (κ2) is 9.97. The molecule has 1 aromatic heterocycles. The molecular formula is C25H27BrN4O2S. The zero-order valence-electron chi connectivity index (χ0n) is 18.7. The third kappa shape index (κ3) is 5.39. The molecule has 2 N–H and O–H groups in total. The van der Waals surface area contributed by atoms with Crippen molar-refractivity contribution in [3.63, 3.8) is 0 Å². The third-order valence-electron chi connectivity index (χ3n) is 5.47. The Balaban J connectivity index is 1.61. The maximum absolute atomic E-state index is 13.0. The highest BCUT2D eigenvalue weighted by molar-refractivity contribution is 9.10. The minimum absolute atomic E-state index is 0.233. The number of aryl methyl sites for hydroxylation is 2. The van der Waals surface area contributed by atoms with Crippen LogP contribution in [0, 0.1) is 6.92 Å². The number of sulfonamides is 1. The van der Waals surface area contributed by atoms with E-state index in [1.165, 1.54) is 0 Å². The van der Waals surface area contributed by atoms with Gasteiger partial charge in [-0.25, -0.2) is 13.4 Å². The first-order valence-corrected chi connectivity index (χ1v) is 13.2. The van der Waals surface area contributed by atoms with Gasteiger partial charge in [0.25, 0.3) is 10.0 Å². The van der Waals surface area contributed by atoms with Crippen LogP contribution in [0.5, 0.6) is 0 Å². The lowest BCUT2D eigenvalue weighted by Crippen LogP contribution is -2.15. The Morgan fingerprint density at radius 1 is 1.03 bits per heavy atom. The highest BCUT2D eigenvalue weighted by atomic mass is 79.9. The van der Waals surface area contributed by atoms with Gasteiger partial charge in [-0.15, -0.1) is 0 Å². The van der Waals surface area contributed by atoms with Crippen molar-refractivity contribution in [3.05, 3.63) is 82.3 Å². The van der Waals surface area contributed by atoms with Crippen molar-refractivity contribution < 1.29 is 8.42 Å². The van der Waals surface area contributed by atoms with Gasteiger partial charge in [0.1, 0.15) is 0 Å². The lowest BCUT2D eigenvalue weighted by Gasteiger charge is -2.15. The molecule has 0 bridgehead atoms. The Labute approximate surface area is 203 Å². The number of anilines is 2. The molecule has 8 heteroatoms. The largest absolute Gasteiger partial charge is 0.351 e. The first kappa shape index (κ1) is 23.3. The molecule has 6 nitrogen and oxygen atoms in total. The monoisotopic (exact) mass is 526 g/mol. The van der Waals surface area contributed by atoms with Crippen molar-refractivity contribution >= 4 is 48.6 Å². The number of aromatic nitrogens is 2. The fourth-order valence-electron chi connectivity index (χ4n) is 3.66. The molecule has 1 heterocycles. The first-order chi connectivity index (χ1) is 15.9. The topological polar surface area (TPSA) is 76.0 Å². The summed E-state index contributed by atoms with van der Waals surface area (Å²) in [5, 5.41) is 3.42. The van der Waals surface area contributed by atoms with Gasteiger partial charge < -0.3 is 9.88 Å². The number of hydrogen-bond donors (Lipinski definition) is 2. The van der Waals surface area contributed by atoms with Crippen molar-refractivity contribution in [3.8, 4) is 0 Å². The van der Waals surface area contributed by atoms with Crippen LogP contribution in [0.4, 0.5) is 11.6 Å². The molecule has 172 valence electrons. The van der Waals surface area contributed by atoms with Gasteiger partial charge >= 0.3 is 0 Å².